The number of methoxy groups -OCH3 is 1. The number of fused-ring (bicyclic) bond motifs is 1. The largest absolute Gasteiger partial charge is 0.495 e. The molecule has 6 nitrogen and oxygen atoms in total. The van der Waals surface area contributed by atoms with Crippen LogP contribution >= 0.6 is 0 Å². The molecule has 2 fully saturated rings. The van der Waals surface area contributed by atoms with Crippen molar-refractivity contribution in [2.75, 3.05) is 25.9 Å². The van der Waals surface area contributed by atoms with E-state index in [1.165, 1.54) is 29.6 Å². The molecule has 1 aliphatic carbocycles. The number of aliphatic hydroxyl groups excluding tert-OH is 1. The van der Waals surface area contributed by atoms with Gasteiger partial charge >= 0.3 is 0 Å². The van der Waals surface area contributed by atoms with E-state index in [4.69, 9.17) is 10.5 Å². The Labute approximate surface area is 124 Å². The molecule has 3 N–H and O–H groups in total. The van der Waals surface area contributed by atoms with Crippen LogP contribution in [-0.2, 0) is 10.0 Å². The zero-order valence-corrected chi connectivity index (χ0v) is 12.7. The Kier molecular flexibility index (Phi) is 3.59. The number of anilines is 1. The van der Waals surface area contributed by atoms with Gasteiger partial charge in [-0.05, 0) is 30.9 Å². The topological polar surface area (TPSA) is 92.9 Å². The minimum absolute atomic E-state index is 0.0652. The number of benzene rings is 1. The van der Waals surface area contributed by atoms with Crippen molar-refractivity contribution >= 4 is 15.7 Å². The smallest absolute Gasteiger partial charge is 0.243 e. The van der Waals surface area contributed by atoms with Crippen LogP contribution in [0.4, 0.5) is 5.69 Å². The van der Waals surface area contributed by atoms with Gasteiger partial charge in [-0.2, -0.15) is 4.31 Å². The summed E-state index contributed by atoms with van der Waals surface area (Å²) in [5.74, 6) is 0.691. The van der Waals surface area contributed by atoms with Crippen molar-refractivity contribution in [1.82, 2.24) is 4.31 Å². The summed E-state index contributed by atoms with van der Waals surface area (Å²) in [4.78, 5) is 0.183. The maximum absolute atomic E-state index is 12.7. The molecule has 116 valence electrons. The number of hydrogen-bond acceptors (Lipinski definition) is 5. The van der Waals surface area contributed by atoms with E-state index in [2.05, 4.69) is 0 Å². The van der Waals surface area contributed by atoms with Crippen LogP contribution in [0.3, 0.4) is 0 Å². The average molecular weight is 312 g/mol. The van der Waals surface area contributed by atoms with Gasteiger partial charge in [-0.25, -0.2) is 8.42 Å². The van der Waals surface area contributed by atoms with Crippen molar-refractivity contribution in [2.24, 2.45) is 11.8 Å². The van der Waals surface area contributed by atoms with Gasteiger partial charge in [0.05, 0.1) is 23.8 Å². The number of nitrogens with zero attached hydrogens (tertiary/aromatic N) is 1. The maximum Gasteiger partial charge on any atom is 0.243 e. The van der Waals surface area contributed by atoms with E-state index in [0.29, 0.717) is 24.5 Å². The van der Waals surface area contributed by atoms with Crippen LogP contribution in [0.5, 0.6) is 5.75 Å². The Bertz CT molecular complexity index is 646. The quantitative estimate of drug-likeness (QED) is 0.800. The fraction of sp³-hybridized carbons (Fsp3) is 0.571. The molecule has 3 atom stereocenters. The third kappa shape index (κ3) is 2.39. The lowest BCUT2D eigenvalue weighted by atomic mass is 10.00. The van der Waals surface area contributed by atoms with Crippen LogP contribution in [-0.4, -0.2) is 44.1 Å². The second-order valence-corrected chi connectivity index (χ2v) is 7.73. The lowest BCUT2D eigenvalue weighted by Crippen LogP contribution is -2.31. The molecule has 7 heteroatoms. The molecule has 3 unspecified atom stereocenters. The van der Waals surface area contributed by atoms with Gasteiger partial charge in [0.1, 0.15) is 5.75 Å². The Morgan fingerprint density at radius 2 is 2.10 bits per heavy atom. The predicted octanol–water partition coefficient (Wildman–Crippen LogP) is 0.669. The van der Waals surface area contributed by atoms with E-state index in [-0.39, 0.29) is 22.8 Å². The van der Waals surface area contributed by atoms with Gasteiger partial charge in [0.2, 0.25) is 10.0 Å². The highest BCUT2D eigenvalue weighted by Crippen LogP contribution is 2.40. The molecule has 2 aliphatic rings. The summed E-state index contributed by atoms with van der Waals surface area (Å²) in [6, 6.07) is 4.49. The van der Waals surface area contributed by atoms with Crippen molar-refractivity contribution in [3.63, 3.8) is 0 Å². The van der Waals surface area contributed by atoms with Crippen molar-refractivity contribution in [2.45, 2.75) is 23.8 Å². The molecule has 21 heavy (non-hydrogen) atoms. The number of ether oxygens (including phenoxy) is 1. The van der Waals surface area contributed by atoms with E-state index in [1.54, 1.807) is 0 Å². The zero-order chi connectivity index (χ0) is 15.2. The first-order chi connectivity index (χ1) is 9.93. The molecular formula is C14H20N2O4S. The Balaban J connectivity index is 1.88. The third-order valence-corrected chi connectivity index (χ3v) is 6.46. The third-order valence-electron chi connectivity index (χ3n) is 4.63. The number of rotatable bonds is 3. The minimum Gasteiger partial charge on any atom is -0.495 e. The van der Waals surface area contributed by atoms with Crippen LogP contribution in [0.25, 0.3) is 0 Å². The summed E-state index contributed by atoms with van der Waals surface area (Å²) in [5.41, 5.74) is 6.13. The summed E-state index contributed by atoms with van der Waals surface area (Å²) >= 11 is 0. The fourth-order valence-electron chi connectivity index (χ4n) is 3.39. The highest BCUT2D eigenvalue weighted by molar-refractivity contribution is 7.89. The molecule has 0 aromatic heterocycles. The molecule has 1 saturated carbocycles. The van der Waals surface area contributed by atoms with Crippen molar-refractivity contribution in [1.29, 1.82) is 0 Å². The highest BCUT2D eigenvalue weighted by atomic mass is 32.2. The van der Waals surface area contributed by atoms with Crippen LogP contribution in [0.2, 0.25) is 0 Å². The normalized spacial score (nSPS) is 29.5. The van der Waals surface area contributed by atoms with Gasteiger partial charge in [0.25, 0.3) is 0 Å². The van der Waals surface area contributed by atoms with E-state index >= 15 is 0 Å². The number of aliphatic hydroxyl groups is 1. The zero-order valence-electron chi connectivity index (χ0n) is 11.9. The molecular weight excluding hydrogens is 292 g/mol. The Morgan fingerprint density at radius 1 is 1.33 bits per heavy atom. The van der Waals surface area contributed by atoms with Gasteiger partial charge in [-0.3, -0.25) is 0 Å². The van der Waals surface area contributed by atoms with E-state index < -0.39 is 10.0 Å². The van der Waals surface area contributed by atoms with E-state index in [0.717, 1.165) is 12.8 Å². The summed E-state index contributed by atoms with van der Waals surface area (Å²) in [6.45, 7) is 0.873. The van der Waals surface area contributed by atoms with E-state index in [1.807, 2.05) is 0 Å². The van der Waals surface area contributed by atoms with Crippen LogP contribution in [0, 0.1) is 11.8 Å². The molecule has 0 amide bonds. The van der Waals surface area contributed by atoms with Crippen LogP contribution in [0.1, 0.15) is 12.8 Å². The van der Waals surface area contributed by atoms with Gasteiger partial charge in [-0.15, -0.1) is 0 Å². The molecule has 0 bridgehead atoms. The first-order valence-electron chi connectivity index (χ1n) is 7.05. The first kappa shape index (κ1) is 14.6. The summed E-state index contributed by atoms with van der Waals surface area (Å²) in [5, 5.41) is 9.91. The number of hydrogen-bond donors (Lipinski definition) is 2. The maximum atomic E-state index is 12.7. The number of sulfonamides is 1. The average Bonchev–Trinajstić information content (AvgIpc) is 3.02. The summed E-state index contributed by atoms with van der Waals surface area (Å²) in [7, 11) is -2.11. The molecule has 3 rings (SSSR count). The van der Waals surface area contributed by atoms with E-state index in [9.17, 15) is 13.5 Å². The number of nitrogens with two attached hydrogens (primary N) is 1. The molecule has 1 aromatic carbocycles. The summed E-state index contributed by atoms with van der Waals surface area (Å²) < 4.78 is 32.0. The Morgan fingerprint density at radius 3 is 2.76 bits per heavy atom. The molecule has 1 aliphatic heterocycles. The minimum atomic E-state index is -3.57. The monoisotopic (exact) mass is 312 g/mol. The SMILES string of the molecule is COc1cc(S(=O)(=O)N2CC3CCC(O)C3C2)ccc1N. The van der Waals surface area contributed by atoms with Gasteiger partial charge < -0.3 is 15.6 Å². The summed E-state index contributed by atoms with van der Waals surface area (Å²) in [6.07, 6.45) is 1.29. The van der Waals surface area contributed by atoms with Crippen molar-refractivity contribution in [3.05, 3.63) is 18.2 Å². The predicted molar refractivity (Wildman–Crippen MR) is 78.4 cm³/mol. The van der Waals surface area contributed by atoms with Crippen LogP contribution in [0.15, 0.2) is 23.1 Å². The molecule has 0 spiro atoms. The van der Waals surface area contributed by atoms with Gasteiger partial charge in [-0.1, -0.05) is 0 Å². The first-order valence-corrected chi connectivity index (χ1v) is 8.49. The standard InChI is InChI=1S/C14H20N2O4S/c1-20-14-6-10(3-4-12(14)15)21(18,19)16-7-9-2-5-13(17)11(9)8-16/h3-4,6,9,11,13,17H,2,5,7-8,15H2,1H3. The molecule has 0 radical (unpaired) electrons. The van der Waals surface area contributed by atoms with Crippen molar-refractivity contribution < 1.29 is 18.3 Å². The fourth-order valence-corrected chi connectivity index (χ4v) is 4.94. The molecule has 1 heterocycles. The second kappa shape index (κ2) is 5.15. The van der Waals surface area contributed by atoms with Crippen molar-refractivity contribution in [3.8, 4) is 5.75 Å². The number of nitrogen functional groups attached to an aromatic ring is 1. The lowest BCUT2D eigenvalue weighted by molar-refractivity contribution is 0.129. The Hall–Kier alpha value is -1.31. The lowest BCUT2D eigenvalue weighted by Gasteiger charge is -2.19. The molecule has 1 aromatic rings. The second-order valence-electron chi connectivity index (χ2n) is 5.79. The van der Waals surface area contributed by atoms with Crippen LogP contribution < -0.4 is 10.5 Å². The highest BCUT2D eigenvalue weighted by Gasteiger charge is 2.45. The van der Waals surface area contributed by atoms with Gasteiger partial charge in [0, 0.05) is 25.1 Å². The van der Waals surface area contributed by atoms with Gasteiger partial charge in [0.15, 0.2) is 0 Å². The molecule has 1 saturated heterocycles.